The van der Waals surface area contributed by atoms with Gasteiger partial charge in [-0.2, -0.15) is 0 Å². The Morgan fingerprint density at radius 1 is 1.11 bits per heavy atom. The van der Waals surface area contributed by atoms with E-state index in [1.807, 2.05) is 29.2 Å². The summed E-state index contributed by atoms with van der Waals surface area (Å²) in [6.45, 7) is 1.30. The van der Waals surface area contributed by atoms with E-state index in [1.165, 1.54) is 0 Å². The zero-order valence-corrected chi connectivity index (χ0v) is 9.43. The van der Waals surface area contributed by atoms with E-state index >= 15 is 0 Å². The molecule has 90 valence electrons. The summed E-state index contributed by atoms with van der Waals surface area (Å²) in [4.78, 5) is 27.9. The number of nitrogens with zero attached hydrogens (tertiary/aromatic N) is 2. The monoisotopic (exact) mass is 242 g/mol. The molecule has 0 atom stereocenters. The van der Waals surface area contributed by atoms with Crippen LogP contribution >= 0.6 is 0 Å². The molecule has 0 saturated carbocycles. The molecule has 2 aliphatic rings. The topological polar surface area (TPSA) is 70.1 Å². The SMILES string of the molecule is O=c1[nH]c(=O)n2c3c1Nc1ccccc1N3CC2. The molecule has 0 radical (unpaired) electrons. The lowest BCUT2D eigenvalue weighted by Gasteiger charge is -2.28. The summed E-state index contributed by atoms with van der Waals surface area (Å²) >= 11 is 0. The van der Waals surface area contributed by atoms with Crippen molar-refractivity contribution >= 4 is 22.9 Å². The van der Waals surface area contributed by atoms with Gasteiger partial charge >= 0.3 is 5.69 Å². The maximum absolute atomic E-state index is 11.9. The molecule has 2 aromatic rings. The fourth-order valence-electron chi connectivity index (χ4n) is 2.65. The Morgan fingerprint density at radius 3 is 2.83 bits per heavy atom. The predicted molar refractivity (Wildman–Crippen MR) is 68.1 cm³/mol. The van der Waals surface area contributed by atoms with Crippen molar-refractivity contribution in [1.82, 2.24) is 9.55 Å². The Kier molecular flexibility index (Phi) is 1.61. The van der Waals surface area contributed by atoms with E-state index < -0.39 is 0 Å². The Hall–Kier alpha value is -2.50. The second kappa shape index (κ2) is 3.04. The van der Waals surface area contributed by atoms with Crippen LogP contribution in [0.25, 0.3) is 0 Å². The molecule has 0 spiro atoms. The number of rotatable bonds is 0. The number of aromatic amines is 1. The first-order chi connectivity index (χ1) is 8.75. The molecular weight excluding hydrogens is 232 g/mol. The van der Waals surface area contributed by atoms with Crippen LogP contribution in [0.3, 0.4) is 0 Å². The van der Waals surface area contributed by atoms with E-state index in [9.17, 15) is 9.59 Å². The van der Waals surface area contributed by atoms with Crippen molar-refractivity contribution in [2.45, 2.75) is 6.54 Å². The first kappa shape index (κ1) is 9.52. The third-order valence-electron chi connectivity index (χ3n) is 3.43. The molecule has 0 saturated heterocycles. The van der Waals surface area contributed by atoms with Crippen LogP contribution in [-0.2, 0) is 6.54 Å². The highest BCUT2D eigenvalue weighted by Crippen LogP contribution is 2.42. The summed E-state index contributed by atoms with van der Waals surface area (Å²) in [6.07, 6.45) is 0. The van der Waals surface area contributed by atoms with E-state index in [0.717, 1.165) is 11.4 Å². The molecule has 2 aliphatic heterocycles. The summed E-state index contributed by atoms with van der Waals surface area (Å²) in [6, 6.07) is 7.76. The number of nitrogens with one attached hydrogen (secondary N) is 2. The highest BCUT2D eigenvalue weighted by Gasteiger charge is 2.32. The second-order valence-corrected chi connectivity index (χ2v) is 4.40. The van der Waals surface area contributed by atoms with Crippen LogP contribution in [0.1, 0.15) is 0 Å². The minimum atomic E-state index is -0.368. The van der Waals surface area contributed by atoms with Gasteiger partial charge in [0, 0.05) is 13.1 Å². The van der Waals surface area contributed by atoms with Gasteiger partial charge in [-0.1, -0.05) is 12.1 Å². The van der Waals surface area contributed by atoms with Gasteiger partial charge in [-0.05, 0) is 12.1 Å². The van der Waals surface area contributed by atoms with Crippen LogP contribution in [-0.4, -0.2) is 16.1 Å². The summed E-state index contributed by atoms with van der Waals surface area (Å²) in [7, 11) is 0. The molecule has 0 unspecified atom stereocenters. The summed E-state index contributed by atoms with van der Waals surface area (Å²) in [5.41, 5.74) is 1.63. The van der Waals surface area contributed by atoms with Gasteiger partial charge in [0.25, 0.3) is 5.56 Å². The van der Waals surface area contributed by atoms with Crippen molar-refractivity contribution in [3.05, 3.63) is 45.1 Å². The smallest absolute Gasteiger partial charge is 0.330 e. The minimum Gasteiger partial charge on any atom is -0.346 e. The molecule has 1 aromatic heterocycles. The fourth-order valence-corrected chi connectivity index (χ4v) is 2.65. The lowest BCUT2D eigenvalue weighted by molar-refractivity contribution is 0.736. The average Bonchev–Trinajstić information content (AvgIpc) is 2.81. The van der Waals surface area contributed by atoms with Gasteiger partial charge in [-0.15, -0.1) is 0 Å². The van der Waals surface area contributed by atoms with Crippen LogP contribution < -0.4 is 21.5 Å². The largest absolute Gasteiger partial charge is 0.346 e. The number of aromatic nitrogens is 2. The Bertz CT molecular complexity index is 774. The average molecular weight is 242 g/mol. The van der Waals surface area contributed by atoms with Gasteiger partial charge in [0.2, 0.25) is 0 Å². The maximum Gasteiger partial charge on any atom is 0.330 e. The zero-order valence-electron chi connectivity index (χ0n) is 9.43. The van der Waals surface area contributed by atoms with Crippen LogP contribution in [0.15, 0.2) is 33.9 Å². The molecule has 18 heavy (non-hydrogen) atoms. The second-order valence-electron chi connectivity index (χ2n) is 4.40. The summed E-state index contributed by atoms with van der Waals surface area (Å²) in [5, 5.41) is 3.10. The number of anilines is 4. The quantitative estimate of drug-likeness (QED) is 0.715. The van der Waals surface area contributed by atoms with Crippen molar-refractivity contribution in [3.8, 4) is 0 Å². The molecule has 3 heterocycles. The number of benzene rings is 1. The van der Waals surface area contributed by atoms with Gasteiger partial charge in [0.1, 0.15) is 11.5 Å². The van der Waals surface area contributed by atoms with Gasteiger partial charge in [-0.3, -0.25) is 14.3 Å². The highest BCUT2D eigenvalue weighted by atomic mass is 16.2. The van der Waals surface area contributed by atoms with Gasteiger partial charge in [0.05, 0.1) is 11.4 Å². The highest BCUT2D eigenvalue weighted by molar-refractivity contribution is 5.90. The van der Waals surface area contributed by atoms with Crippen molar-refractivity contribution in [2.24, 2.45) is 0 Å². The molecule has 0 fully saturated rings. The maximum atomic E-state index is 11.9. The summed E-state index contributed by atoms with van der Waals surface area (Å²) < 4.78 is 1.60. The normalized spacial score (nSPS) is 15.0. The number of H-pyrrole nitrogens is 1. The minimum absolute atomic E-state index is 0.345. The third kappa shape index (κ3) is 1.02. The number of para-hydroxylation sites is 2. The Morgan fingerprint density at radius 2 is 1.94 bits per heavy atom. The number of hydrogen-bond donors (Lipinski definition) is 2. The molecule has 4 rings (SSSR count). The molecule has 6 heteroatoms. The molecule has 6 nitrogen and oxygen atoms in total. The molecule has 2 N–H and O–H groups in total. The Labute approximate surface area is 101 Å². The van der Waals surface area contributed by atoms with Gasteiger partial charge < -0.3 is 10.2 Å². The van der Waals surface area contributed by atoms with E-state index in [1.54, 1.807) is 4.57 Å². The van der Waals surface area contributed by atoms with Gasteiger partial charge in [0.15, 0.2) is 0 Å². The van der Waals surface area contributed by atoms with Crippen molar-refractivity contribution < 1.29 is 0 Å². The first-order valence-electron chi connectivity index (χ1n) is 5.76. The van der Waals surface area contributed by atoms with Crippen LogP contribution in [0.5, 0.6) is 0 Å². The molecule has 0 bridgehead atoms. The van der Waals surface area contributed by atoms with Crippen molar-refractivity contribution in [1.29, 1.82) is 0 Å². The Balaban J connectivity index is 2.10. The summed E-state index contributed by atoms with van der Waals surface area (Å²) in [5.74, 6) is 0.669. The van der Waals surface area contributed by atoms with E-state index in [4.69, 9.17) is 0 Å². The predicted octanol–water partition coefficient (Wildman–Crippen LogP) is 0.745. The molecule has 1 aromatic carbocycles. The van der Waals surface area contributed by atoms with E-state index in [0.29, 0.717) is 24.6 Å². The number of fused-ring (bicyclic) bond motifs is 2. The zero-order chi connectivity index (χ0) is 12.3. The van der Waals surface area contributed by atoms with Crippen molar-refractivity contribution in [3.63, 3.8) is 0 Å². The first-order valence-corrected chi connectivity index (χ1v) is 5.76. The van der Waals surface area contributed by atoms with E-state index in [-0.39, 0.29) is 11.2 Å². The lowest BCUT2D eigenvalue weighted by Crippen LogP contribution is -2.32. The van der Waals surface area contributed by atoms with Crippen LogP contribution in [0.2, 0.25) is 0 Å². The van der Waals surface area contributed by atoms with Crippen LogP contribution in [0.4, 0.5) is 22.9 Å². The third-order valence-corrected chi connectivity index (χ3v) is 3.43. The lowest BCUT2D eigenvalue weighted by atomic mass is 10.2. The number of hydrogen-bond acceptors (Lipinski definition) is 4. The standard InChI is InChI=1S/C12H10N4O2/c17-10-9-11-15(5-6-16(11)12(18)14-10)8-4-2-1-3-7(8)13-9/h1-4,13H,5-6H2,(H,14,17,18). The van der Waals surface area contributed by atoms with Gasteiger partial charge in [-0.25, -0.2) is 4.79 Å². The van der Waals surface area contributed by atoms with Crippen molar-refractivity contribution in [2.75, 3.05) is 16.8 Å². The molecular formula is C12H10N4O2. The van der Waals surface area contributed by atoms with Crippen LogP contribution in [0, 0.1) is 0 Å². The van der Waals surface area contributed by atoms with E-state index in [2.05, 4.69) is 10.3 Å². The molecule has 0 amide bonds. The fraction of sp³-hybridized carbons (Fsp3) is 0.167. The molecule has 0 aliphatic carbocycles.